The summed E-state index contributed by atoms with van der Waals surface area (Å²) in [6, 6.07) is 8.46. The van der Waals surface area contributed by atoms with Crippen LogP contribution in [-0.4, -0.2) is 59.1 Å². The topological polar surface area (TPSA) is 150 Å². The highest BCUT2D eigenvalue weighted by Gasteiger charge is 2.29. The van der Waals surface area contributed by atoms with Gasteiger partial charge in [0.25, 0.3) is 11.7 Å². The SMILES string of the molecule is Cc1cc([C@H](C)N(CC(=O)O)C(C)c2cc(C(=O)NCc3ccc(F)c(F)c3)nc3ncnn23)ccc1C(=O)O. The van der Waals surface area contributed by atoms with E-state index in [4.69, 9.17) is 0 Å². The lowest BCUT2D eigenvalue weighted by molar-refractivity contribution is -0.139. The van der Waals surface area contributed by atoms with Gasteiger partial charge in [-0.25, -0.2) is 18.6 Å². The van der Waals surface area contributed by atoms with E-state index in [9.17, 15) is 33.4 Å². The van der Waals surface area contributed by atoms with Crippen LogP contribution < -0.4 is 5.32 Å². The van der Waals surface area contributed by atoms with Gasteiger partial charge in [-0.1, -0.05) is 18.2 Å². The minimum atomic E-state index is -1.09. The van der Waals surface area contributed by atoms with Crippen LogP contribution in [0, 0.1) is 18.6 Å². The third-order valence-corrected chi connectivity index (χ3v) is 6.65. The number of hydrogen-bond acceptors (Lipinski definition) is 7. The molecule has 2 aromatic carbocycles. The van der Waals surface area contributed by atoms with Gasteiger partial charge in [-0.05, 0) is 61.7 Å². The molecule has 2 heterocycles. The van der Waals surface area contributed by atoms with Crippen molar-refractivity contribution in [2.24, 2.45) is 0 Å². The van der Waals surface area contributed by atoms with Crippen LogP contribution in [0.5, 0.6) is 0 Å². The molecule has 2 atom stereocenters. The molecule has 3 N–H and O–H groups in total. The van der Waals surface area contributed by atoms with Crippen LogP contribution in [0.3, 0.4) is 0 Å². The molecule has 13 heteroatoms. The standard InChI is InChI=1S/C27H26F2N6O5/c1-14-8-18(5-6-19(14)26(39)40)15(2)34(12-24(36)37)16(3)23-10-22(33-27-31-13-32-35(23)27)25(38)30-11-17-4-7-20(28)21(29)9-17/h4-10,13,15-16H,11-12H2,1-3H3,(H,30,38)(H,36,37)(H,39,40)/t15-,16?/m0/s1. The maximum atomic E-state index is 13.5. The predicted octanol–water partition coefficient (Wildman–Crippen LogP) is 3.55. The molecule has 0 fully saturated rings. The molecule has 1 amide bonds. The quantitative estimate of drug-likeness (QED) is 0.268. The Bertz CT molecular complexity index is 1610. The lowest BCUT2D eigenvalue weighted by Gasteiger charge is -2.34. The second kappa shape index (κ2) is 11.5. The lowest BCUT2D eigenvalue weighted by atomic mass is 9.98. The molecular formula is C27H26F2N6O5. The fraction of sp³-hybridized carbons (Fsp3) is 0.259. The Kier molecular flexibility index (Phi) is 8.14. The number of carbonyl (C=O) groups is 3. The zero-order valence-electron chi connectivity index (χ0n) is 21.8. The Balaban J connectivity index is 1.66. The van der Waals surface area contributed by atoms with Crippen LogP contribution >= 0.6 is 0 Å². The third kappa shape index (κ3) is 5.94. The molecule has 1 unspecified atom stereocenters. The van der Waals surface area contributed by atoms with Crippen LogP contribution in [-0.2, 0) is 11.3 Å². The monoisotopic (exact) mass is 552 g/mol. The fourth-order valence-corrected chi connectivity index (χ4v) is 4.48. The first-order chi connectivity index (χ1) is 19.0. The molecule has 0 saturated heterocycles. The van der Waals surface area contributed by atoms with Crippen LogP contribution in [0.15, 0.2) is 48.8 Å². The summed E-state index contributed by atoms with van der Waals surface area (Å²) in [5.41, 5.74) is 2.11. The molecule has 40 heavy (non-hydrogen) atoms. The average molecular weight is 553 g/mol. The van der Waals surface area contributed by atoms with Gasteiger partial charge in [0.05, 0.1) is 23.8 Å². The first kappa shape index (κ1) is 28.2. The van der Waals surface area contributed by atoms with Gasteiger partial charge in [-0.2, -0.15) is 14.6 Å². The van der Waals surface area contributed by atoms with Gasteiger partial charge in [0.15, 0.2) is 11.6 Å². The van der Waals surface area contributed by atoms with Crippen molar-refractivity contribution in [1.29, 1.82) is 0 Å². The zero-order chi connectivity index (χ0) is 29.1. The van der Waals surface area contributed by atoms with E-state index < -0.39 is 41.6 Å². The Morgan fingerprint density at radius 2 is 1.77 bits per heavy atom. The van der Waals surface area contributed by atoms with Gasteiger partial charge in [0.1, 0.15) is 12.0 Å². The molecule has 208 valence electrons. The summed E-state index contributed by atoms with van der Waals surface area (Å²) in [5, 5.41) is 25.9. The number of carboxylic acid groups (broad SMARTS) is 2. The van der Waals surface area contributed by atoms with E-state index in [1.165, 1.54) is 29.0 Å². The molecule has 11 nitrogen and oxygen atoms in total. The van der Waals surface area contributed by atoms with E-state index >= 15 is 0 Å². The summed E-state index contributed by atoms with van der Waals surface area (Å²) in [5.74, 6) is -4.69. The van der Waals surface area contributed by atoms with Crippen LogP contribution in [0.2, 0.25) is 0 Å². The summed E-state index contributed by atoms with van der Waals surface area (Å²) in [7, 11) is 0. The highest BCUT2D eigenvalue weighted by molar-refractivity contribution is 5.92. The van der Waals surface area contributed by atoms with Crippen molar-refractivity contribution in [2.45, 2.75) is 39.4 Å². The number of nitrogens with zero attached hydrogens (tertiary/aromatic N) is 5. The molecule has 2 aromatic heterocycles. The van der Waals surface area contributed by atoms with Crippen molar-refractivity contribution in [1.82, 2.24) is 29.8 Å². The zero-order valence-corrected chi connectivity index (χ0v) is 21.8. The molecule has 0 aliphatic heterocycles. The number of fused-ring (bicyclic) bond motifs is 1. The number of carboxylic acids is 2. The van der Waals surface area contributed by atoms with Crippen LogP contribution in [0.1, 0.15) is 69.2 Å². The molecule has 0 bridgehead atoms. The number of rotatable bonds is 10. The summed E-state index contributed by atoms with van der Waals surface area (Å²) < 4.78 is 28.2. The van der Waals surface area contributed by atoms with E-state index in [0.29, 0.717) is 22.4 Å². The van der Waals surface area contributed by atoms with Crippen molar-refractivity contribution in [3.63, 3.8) is 0 Å². The highest BCUT2D eigenvalue weighted by atomic mass is 19.2. The number of amides is 1. The Morgan fingerprint density at radius 3 is 2.42 bits per heavy atom. The van der Waals surface area contributed by atoms with E-state index in [2.05, 4.69) is 20.4 Å². The minimum Gasteiger partial charge on any atom is -0.480 e. The number of aromatic carboxylic acids is 1. The van der Waals surface area contributed by atoms with Gasteiger partial charge < -0.3 is 15.5 Å². The maximum absolute atomic E-state index is 13.5. The van der Waals surface area contributed by atoms with Crippen LogP contribution in [0.4, 0.5) is 8.78 Å². The van der Waals surface area contributed by atoms with Crippen molar-refractivity contribution < 1.29 is 33.4 Å². The molecule has 0 saturated carbocycles. The molecule has 0 aliphatic rings. The number of hydrogen-bond donors (Lipinski definition) is 3. The van der Waals surface area contributed by atoms with Gasteiger partial charge in [0.2, 0.25) is 0 Å². The van der Waals surface area contributed by atoms with E-state index in [1.807, 2.05) is 0 Å². The Morgan fingerprint density at radius 1 is 1.02 bits per heavy atom. The summed E-state index contributed by atoms with van der Waals surface area (Å²) >= 11 is 0. The molecule has 0 aliphatic carbocycles. The second-order valence-electron chi connectivity index (χ2n) is 9.27. The van der Waals surface area contributed by atoms with E-state index in [-0.39, 0.29) is 30.1 Å². The van der Waals surface area contributed by atoms with E-state index in [1.54, 1.807) is 37.8 Å². The van der Waals surface area contributed by atoms with Crippen molar-refractivity contribution in [3.05, 3.63) is 94.1 Å². The van der Waals surface area contributed by atoms with E-state index in [0.717, 1.165) is 12.1 Å². The fourth-order valence-electron chi connectivity index (χ4n) is 4.48. The Labute approximate surface area is 227 Å². The number of carbonyl (C=O) groups excluding carboxylic acids is 1. The maximum Gasteiger partial charge on any atom is 0.335 e. The summed E-state index contributed by atoms with van der Waals surface area (Å²) in [4.78, 5) is 46.3. The van der Waals surface area contributed by atoms with Gasteiger partial charge in [0, 0.05) is 12.6 Å². The lowest BCUT2D eigenvalue weighted by Crippen LogP contribution is -2.36. The summed E-state index contributed by atoms with van der Waals surface area (Å²) in [6.07, 6.45) is 1.25. The first-order valence-corrected chi connectivity index (χ1v) is 12.2. The minimum absolute atomic E-state index is 0.0329. The van der Waals surface area contributed by atoms with Gasteiger partial charge >= 0.3 is 11.9 Å². The number of aryl methyl sites for hydroxylation is 1. The molecule has 0 spiro atoms. The second-order valence-corrected chi connectivity index (χ2v) is 9.27. The van der Waals surface area contributed by atoms with Crippen molar-refractivity contribution in [2.75, 3.05) is 6.54 Å². The molecule has 0 radical (unpaired) electrons. The first-order valence-electron chi connectivity index (χ1n) is 12.2. The van der Waals surface area contributed by atoms with Gasteiger partial charge in [-0.15, -0.1) is 0 Å². The number of aliphatic carboxylic acids is 1. The summed E-state index contributed by atoms with van der Waals surface area (Å²) in [6.45, 7) is 4.74. The van der Waals surface area contributed by atoms with Crippen LogP contribution in [0.25, 0.3) is 5.78 Å². The third-order valence-electron chi connectivity index (χ3n) is 6.65. The number of nitrogens with one attached hydrogen (secondary N) is 1. The number of halogens is 2. The van der Waals surface area contributed by atoms with Crippen molar-refractivity contribution >= 4 is 23.6 Å². The molecule has 4 rings (SSSR count). The number of benzene rings is 2. The average Bonchev–Trinajstić information content (AvgIpc) is 3.39. The smallest absolute Gasteiger partial charge is 0.335 e. The highest BCUT2D eigenvalue weighted by Crippen LogP contribution is 2.31. The largest absolute Gasteiger partial charge is 0.480 e. The van der Waals surface area contributed by atoms with Gasteiger partial charge in [-0.3, -0.25) is 14.5 Å². The predicted molar refractivity (Wildman–Crippen MR) is 138 cm³/mol. The normalized spacial score (nSPS) is 12.8. The molecule has 4 aromatic rings. The number of aromatic nitrogens is 4. The Hall–Kier alpha value is -4.78. The molecular weight excluding hydrogens is 526 g/mol. The van der Waals surface area contributed by atoms with Crippen molar-refractivity contribution in [3.8, 4) is 0 Å².